The zero-order valence-electron chi connectivity index (χ0n) is 8.97. The molecule has 0 aromatic heterocycles. The molecule has 0 aliphatic rings. The van der Waals surface area contributed by atoms with E-state index in [4.69, 9.17) is 11.5 Å². The fourth-order valence-corrected chi connectivity index (χ4v) is 1.59. The Bertz CT molecular complexity index is 589. The third kappa shape index (κ3) is 2.15. The Morgan fingerprint density at radius 1 is 1.18 bits per heavy atom. The van der Waals surface area contributed by atoms with Crippen molar-refractivity contribution >= 4 is 28.1 Å². The van der Waals surface area contributed by atoms with E-state index in [1.54, 1.807) is 6.07 Å². The number of hydrazine groups is 1. The number of guanidine groups is 1. The number of nitrogens with one attached hydrogen (secondary N) is 2. The van der Waals surface area contributed by atoms with Crippen molar-refractivity contribution < 1.29 is 5.10 Å². The van der Waals surface area contributed by atoms with E-state index in [2.05, 4.69) is 15.7 Å². The minimum Gasteiger partial charge on any atom is -0.289 e. The molecule has 0 heterocycles. The lowest BCUT2D eigenvalue weighted by molar-refractivity contribution is -0.421. The molecule has 0 spiro atoms. The van der Waals surface area contributed by atoms with Crippen LogP contribution in [0.25, 0.3) is 10.8 Å². The van der Waals surface area contributed by atoms with Gasteiger partial charge >= 0.3 is 5.96 Å². The van der Waals surface area contributed by atoms with Gasteiger partial charge in [-0.1, -0.05) is 30.3 Å². The van der Waals surface area contributed by atoms with Crippen LogP contribution < -0.4 is 22.0 Å². The Kier molecular flexibility index (Phi) is 2.87. The minimum absolute atomic E-state index is 0.00927. The van der Waals surface area contributed by atoms with Gasteiger partial charge in [0.05, 0.1) is 5.69 Å². The monoisotopic (exact) mass is 230 g/mol. The lowest BCUT2D eigenvalue weighted by Crippen LogP contribution is -2.82. The fourth-order valence-electron chi connectivity index (χ4n) is 1.59. The first kappa shape index (κ1) is 10.9. The van der Waals surface area contributed by atoms with Crippen LogP contribution in [0.5, 0.6) is 0 Å². The van der Waals surface area contributed by atoms with Gasteiger partial charge < -0.3 is 0 Å². The maximum atomic E-state index is 10.9. The molecule has 6 nitrogen and oxygen atoms in total. The van der Waals surface area contributed by atoms with Crippen molar-refractivity contribution in [1.29, 1.82) is 0 Å². The van der Waals surface area contributed by atoms with Crippen molar-refractivity contribution in [3.8, 4) is 0 Å². The van der Waals surface area contributed by atoms with Crippen LogP contribution in [0.4, 0.5) is 11.4 Å². The highest BCUT2D eigenvalue weighted by Gasteiger charge is 2.07. The first-order valence-corrected chi connectivity index (χ1v) is 4.97. The van der Waals surface area contributed by atoms with Crippen molar-refractivity contribution in [1.82, 2.24) is 0 Å². The average molecular weight is 230 g/mol. The Labute approximate surface area is 97.3 Å². The first-order valence-electron chi connectivity index (χ1n) is 4.97. The van der Waals surface area contributed by atoms with Crippen LogP contribution in [-0.4, -0.2) is 5.96 Å². The molecule has 6 N–H and O–H groups in total. The zero-order chi connectivity index (χ0) is 12.3. The van der Waals surface area contributed by atoms with E-state index in [1.165, 1.54) is 0 Å². The fraction of sp³-hybridized carbons (Fsp3) is 0. The van der Waals surface area contributed by atoms with Crippen LogP contribution in [-0.2, 0) is 0 Å². The number of benzene rings is 2. The quantitative estimate of drug-likeness (QED) is 0.256. The Morgan fingerprint density at radius 3 is 2.65 bits per heavy atom. The second-order valence-electron chi connectivity index (χ2n) is 3.48. The van der Waals surface area contributed by atoms with E-state index in [-0.39, 0.29) is 5.96 Å². The molecule has 0 unspecified atom stereocenters. The maximum absolute atomic E-state index is 10.9. The molecule has 0 saturated carbocycles. The molecule has 86 valence electrons. The van der Waals surface area contributed by atoms with Crippen molar-refractivity contribution in [3.63, 3.8) is 0 Å². The van der Waals surface area contributed by atoms with Crippen molar-refractivity contribution in [2.45, 2.75) is 0 Å². The topological polar surface area (TPSA) is 107 Å². The number of hydrogen-bond acceptors (Lipinski definition) is 3. The predicted molar refractivity (Wildman–Crippen MR) is 67.4 cm³/mol. The third-order valence-electron chi connectivity index (χ3n) is 2.33. The number of nitroso groups, excluding NO2 is 1. The number of nitrogens with zero attached hydrogens (tertiary/aromatic N) is 1. The molecule has 0 aliphatic carbocycles. The Morgan fingerprint density at radius 2 is 1.94 bits per heavy atom. The average Bonchev–Trinajstić information content (AvgIpc) is 2.35. The highest BCUT2D eigenvalue weighted by molar-refractivity contribution is 5.98. The highest BCUT2D eigenvalue weighted by Crippen LogP contribution is 2.32. The Hall–Kier alpha value is -2.63. The summed E-state index contributed by atoms with van der Waals surface area (Å²) in [7, 11) is 0. The second kappa shape index (κ2) is 4.48. The largest absolute Gasteiger partial charge is 0.360 e. The SMILES string of the molecule is NC(N)=[NH+]Nc1ccc2ccccc2c1N=O. The number of hydrogen-bond donors (Lipinski definition) is 4. The van der Waals surface area contributed by atoms with E-state index in [0.717, 1.165) is 10.8 Å². The van der Waals surface area contributed by atoms with Crippen LogP contribution >= 0.6 is 0 Å². The van der Waals surface area contributed by atoms with Gasteiger partial charge in [-0.3, -0.25) is 11.5 Å². The van der Waals surface area contributed by atoms with Crippen molar-refractivity contribution in [3.05, 3.63) is 41.3 Å². The summed E-state index contributed by atoms with van der Waals surface area (Å²) in [5.74, 6) is 0.00927. The molecule has 0 radical (unpaired) electrons. The van der Waals surface area contributed by atoms with Gasteiger partial charge in [-0.15, -0.1) is 4.91 Å². The maximum Gasteiger partial charge on any atom is 0.360 e. The van der Waals surface area contributed by atoms with Crippen LogP contribution in [0.3, 0.4) is 0 Å². The minimum atomic E-state index is 0.00927. The molecule has 2 aromatic carbocycles. The molecule has 6 heteroatoms. The summed E-state index contributed by atoms with van der Waals surface area (Å²) in [5.41, 5.74) is 14.1. The van der Waals surface area contributed by atoms with Gasteiger partial charge in [-0.2, -0.15) is 5.10 Å². The molecule has 0 bridgehead atoms. The number of hydrazone groups is 1. The Balaban J connectivity index is 2.57. The van der Waals surface area contributed by atoms with E-state index in [1.807, 2.05) is 30.3 Å². The smallest absolute Gasteiger partial charge is 0.289 e. The summed E-state index contributed by atoms with van der Waals surface area (Å²) in [4.78, 5) is 10.9. The van der Waals surface area contributed by atoms with Crippen LogP contribution in [0.2, 0.25) is 0 Å². The summed E-state index contributed by atoms with van der Waals surface area (Å²) in [6.45, 7) is 0. The third-order valence-corrected chi connectivity index (χ3v) is 2.33. The highest BCUT2D eigenvalue weighted by atomic mass is 16.3. The normalized spacial score (nSPS) is 9.88. The van der Waals surface area contributed by atoms with Gasteiger partial charge in [0, 0.05) is 5.39 Å². The van der Waals surface area contributed by atoms with Gasteiger partial charge in [-0.05, 0) is 16.6 Å². The molecule has 0 fully saturated rings. The van der Waals surface area contributed by atoms with E-state index in [9.17, 15) is 4.91 Å². The molecule has 0 atom stereocenters. The van der Waals surface area contributed by atoms with Crippen LogP contribution in [0.1, 0.15) is 0 Å². The summed E-state index contributed by atoms with van der Waals surface area (Å²) >= 11 is 0. The van der Waals surface area contributed by atoms with Crippen LogP contribution in [0.15, 0.2) is 41.6 Å². The molecular weight excluding hydrogens is 218 g/mol. The zero-order valence-corrected chi connectivity index (χ0v) is 8.97. The number of anilines is 1. The molecule has 2 rings (SSSR count). The lowest BCUT2D eigenvalue weighted by atomic mass is 10.1. The van der Waals surface area contributed by atoms with Crippen molar-refractivity contribution in [2.24, 2.45) is 16.6 Å². The summed E-state index contributed by atoms with van der Waals surface area (Å²) in [5, 5.41) is 7.27. The molecular formula is C11H12N5O+. The van der Waals surface area contributed by atoms with Crippen molar-refractivity contribution in [2.75, 3.05) is 5.43 Å². The van der Waals surface area contributed by atoms with E-state index in [0.29, 0.717) is 11.4 Å². The molecule has 0 aliphatic heterocycles. The van der Waals surface area contributed by atoms with Gasteiger partial charge in [0.2, 0.25) is 0 Å². The van der Waals surface area contributed by atoms with Crippen LogP contribution in [0, 0.1) is 4.91 Å². The summed E-state index contributed by atoms with van der Waals surface area (Å²) < 4.78 is 0. The van der Waals surface area contributed by atoms with E-state index < -0.39 is 0 Å². The summed E-state index contributed by atoms with van der Waals surface area (Å²) in [6, 6.07) is 11.1. The van der Waals surface area contributed by atoms with E-state index >= 15 is 0 Å². The number of nitrogens with two attached hydrogens (primary N) is 2. The van der Waals surface area contributed by atoms with Gasteiger partial charge in [0.1, 0.15) is 5.69 Å². The van der Waals surface area contributed by atoms with Gasteiger partial charge in [-0.25, -0.2) is 5.43 Å². The number of rotatable bonds is 3. The second-order valence-corrected chi connectivity index (χ2v) is 3.48. The molecule has 2 aromatic rings. The van der Waals surface area contributed by atoms with Gasteiger partial charge in [0.15, 0.2) is 0 Å². The molecule has 17 heavy (non-hydrogen) atoms. The predicted octanol–water partition coefficient (Wildman–Crippen LogP) is -0.0814. The van der Waals surface area contributed by atoms with Gasteiger partial charge in [0.25, 0.3) is 0 Å². The molecule has 0 amide bonds. The standard InChI is InChI=1S/C11H11N5O/c12-11(13)15-14-9-6-5-7-3-1-2-4-8(7)10(9)16-17/h1-6,14H,(H4,12,13,15)/p+1. The summed E-state index contributed by atoms with van der Waals surface area (Å²) in [6.07, 6.45) is 0. The number of fused-ring (bicyclic) bond motifs is 1. The molecule has 0 saturated heterocycles. The lowest BCUT2D eigenvalue weighted by Gasteiger charge is -2.05. The first-order chi connectivity index (χ1) is 8.22.